The lowest BCUT2D eigenvalue weighted by Gasteiger charge is -2.10. The van der Waals surface area contributed by atoms with Gasteiger partial charge in [-0.3, -0.25) is 4.79 Å². The molecule has 1 aromatic heterocycles. The Kier molecular flexibility index (Phi) is 5.46. The molecule has 1 heterocycles. The summed E-state index contributed by atoms with van der Waals surface area (Å²) in [5.41, 5.74) is 1.15. The van der Waals surface area contributed by atoms with Crippen LogP contribution in [0.5, 0.6) is 0 Å². The summed E-state index contributed by atoms with van der Waals surface area (Å²) in [4.78, 5) is 12.2. The fourth-order valence-electron chi connectivity index (χ4n) is 2.50. The minimum atomic E-state index is -4.44. The van der Waals surface area contributed by atoms with Gasteiger partial charge in [-0.2, -0.15) is 13.2 Å². The van der Waals surface area contributed by atoms with Gasteiger partial charge < -0.3 is 10.4 Å². The molecule has 28 heavy (non-hydrogen) atoms. The maximum absolute atomic E-state index is 12.6. The molecule has 9 heteroatoms. The molecule has 3 rings (SSSR count). The van der Waals surface area contributed by atoms with Crippen LogP contribution in [0, 0.1) is 6.92 Å². The van der Waals surface area contributed by atoms with Crippen LogP contribution in [0.1, 0.15) is 33.3 Å². The molecule has 0 radical (unpaired) electrons. The lowest BCUT2D eigenvalue weighted by atomic mass is 10.1. The molecular weight excluding hydrogens is 373 g/mol. The van der Waals surface area contributed by atoms with Crippen molar-refractivity contribution in [2.24, 2.45) is 0 Å². The number of hydrogen-bond acceptors (Lipinski definition) is 4. The molecule has 2 aromatic carbocycles. The number of alkyl halides is 3. The second kappa shape index (κ2) is 7.81. The Labute approximate surface area is 158 Å². The van der Waals surface area contributed by atoms with Crippen molar-refractivity contribution < 1.29 is 23.1 Å². The van der Waals surface area contributed by atoms with E-state index < -0.39 is 23.8 Å². The van der Waals surface area contributed by atoms with E-state index in [0.29, 0.717) is 5.56 Å². The molecule has 0 aliphatic heterocycles. The average molecular weight is 390 g/mol. The normalized spacial score (nSPS) is 12.6. The number of benzene rings is 2. The second-order valence-corrected chi connectivity index (χ2v) is 6.28. The topological polar surface area (TPSA) is 80.0 Å². The highest BCUT2D eigenvalue weighted by Crippen LogP contribution is 2.29. The number of aliphatic hydroxyl groups excluding tert-OH is 1. The summed E-state index contributed by atoms with van der Waals surface area (Å²) in [5, 5.41) is 20.3. The largest absolute Gasteiger partial charge is 0.416 e. The molecule has 0 saturated carbocycles. The average Bonchev–Trinajstić information content (AvgIpc) is 3.10. The van der Waals surface area contributed by atoms with Gasteiger partial charge in [0.1, 0.15) is 0 Å². The maximum Gasteiger partial charge on any atom is 0.416 e. The Balaban J connectivity index is 1.63. The predicted molar refractivity (Wildman–Crippen MR) is 95.6 cm³/mol. The van der Waals surface area contributed by atoms with Gasteiger partial charge in [0.25, 0.3) is 5.91 Å². The number of carbonyl (C=O) groups excluding carboxylic acids is 1. The van der Waals surface area contributed by atoms with Crippen molar-refractivity contribution in [1.82, 2.24) is 15.0 Å². The Morgan fingerprint density at radius 1 is 1.14 bits per heavy atom. The van der Waals surface area contributed by atoms with Crippen molar-refractivity contribution in [3.05, 3.63) is 77.1 Å². The molecule has 1 atom stereocenters. The van der Waals surface area contributed by atoms with Crippen molar-refractivity contribution in [2.75, 3.05) is 5.32 Å². The van der Waals surface area contributed by atoms with Gasteiger partial charge >= 0.3 is 6.18 Å². The SMILES string of the molecule is Cc1ccc([C@H](O)Cn2cc(C(=O)Nc3ccc(C(F)(F)F)cc3)nn2)cc1. The highest BCUT2D eigenvalue weighted by Gasteiger charge is 2.30. The molecule has 146 valence electrons. The quantitative estimate of drug-likeness (QED) is 0.698. The monoisotopic (exact) mass is 390 g/mol. The van der Waals surface area contributed by atoms with Gasteiger partial charge in [-0.15, -0.1) is 5.10 Å². The Hall–Kier alpha value is -3.20. The van der Waals surface area contributed by atoms with Crippen molar-refractivity contribution in [3.8, 4) is 0 Å². The maximum atomic E-state index is 12.6. The molecule has 0 aliphatic rings. The summed E-state index contributed by atoms with van der Waals surface area (Å²) in [6.07, 6.45) is -3.91. The second-order valence-electron chi connectivity index (χ2n) is 6.28. The number of nitrogens with zero attached hydrogens (tertiary/aromatic N) is 3. The van der Waals surface area contributed by atoms with E-state index in [0.717, 1.165) is 29.8 Å². The number of aliphatic hydroxyl groups is 1. The molecule has 2 N–H and O–H groups in total. The lowest BCUT2D eigenvalue weighted by Crippen LogP contribution is -2.13. The van der Waals surface area contributed by atoms with Crippen molar-refractivity contribution in [2.45, 2.75) is 25.7 Å². The molecule has 0 unspecified atom stereocenters. The Morgan fingerprint density at radius 2 is 1.79 bits per heavy atom. The Morgan fingerprint density at radius 3 is 2.39 bits per heavy atom. The highest BCUT2D eigenvalue weighted by atomic mass is 19.4. The van der Waals surface area contributed by atoms with Gasteiger partial charge in [0.05, 0.1) is 24.4 Å². The van der Waals surface area contributed by atoms with Crippen LogP contribution >= 0.6 is 0 Å². The van der Waals surface area contributed by atoms with E-state index in [1.807, 2.05) is 19.1 Å². The van der Waals surface area contributed by atoms with E-state index in [1.165, 1.54) is 10.9 Å². The first-order chi connectivity index (χ1) is 13.2. The van der Waals surface area contributed by atoms with E-state index >= 15 is 0 Å². The standard InChI is InChI=1S/C19H17F3N4O2/c1-12-2-4-13(5-3-12)17(27)11-26-10-16(24-25-26)18(28)23-15-8-6-14(7-9-15)19(20,21)22/h2-10,17,27H,11H2,1H3,(H,23,28)/t17-/m1/s1. The van der Waals surface area contributed by atoms with Crippen LogP contribution in [0.25, 0.3) is 0 Å². The first kappa shape index (κ1) is 19.6. The molecular formula is C19H17F3N4O2. The summed E-state index contributed by atoms with van der Waals surface area (Å²) < 4.78 is 39.0. The number of anilines is 1. The van der Waals surface area contributed by atoms with Gasteiger partial charge in [-0.1, -0.05) is 35.0 Å². The van der Waals surface area contributed by atoms with Crippen molar-refractivity contribution in [3.63, 3.8) is 0 Å². The number of halogens is 3. The number of hydrogen-bond donors (Lipinski definition) is 2. The van der Waals surface area contributed by atoms with Gasteiger partial charge in [0, 0.05) is 5.69 Å². The summed E-state index contributed by atoms with van der Waals surface area (Å²) in [7, 11) is 0. The third kappa shape index (κ3) is 4.74. The third-order valence-corrected chi connectivity index (χ3v) is 4.06. The minimum absolute atomic E-state index is 0.0176. The summed E-state index contributed by atoms with van der Waals surface area (Å²) >= 11 is 0. The summed E-state index contributed by atoms with van der Waals surface area (Å²) in [6, 6.07) is 11.4. The van der Waals surface area contributed by atoms with Crippen LogP contribution in [-0.2, 0) is 12.7 Å². The molecule has 6 nitrogen and oxygen atoms in total. The van der Waals surface area contributed by atoms with E-state index in [9.17, 15) is 23.1 Å². The van der Waals surface area contributed by atoms with Gasteiger partial charge in [0.15, 0.2) is 5.69 Å². The predicted octanol–water partition coefficient (Wildman–Crippen LogP) is 3.59. The number of nitrogens with one attached hydrogen (secondary N) is 1. The fourth-order valence-corrected chi connectivity index (χ4v) is 2.50. The zero-order chi connectivity index (χ0) is 20.3. The van der Waals surface area contributed by atoms with E-state index in [-0.39, 0.29) is 17.9 Å². The van der Waals surface area contributed by atoms with Crippen LogP contribution < -0.4 is 5.32 Å². The van der Waals surface area contributed by atoms with E-state index in [4.69, 9.17) is 0 Å². The van der Waals surface area contributed by atoms with Gasteiger partial charge in [0.2, 0.25) is 0 Å². The Bertz CT molecular complexity index is 951. The van der Waals surface area contributed by atoms with Crippen LogP contribution in [0.2, 0.25) is 0 Å². The van der Waals surface area contributed by atoms with E-state index in [1.54, 1.807) is 12.1 Å². The molecule has 0 saturated heterocycles. The van der Waals surface area contributed by atoms with Crippen LogP contribution in [-0.4, -0.2) is 26.0 Å². The minimum Gasteiger partial charge on any atom is -0.386 e. The number of carbonyl (C=O) groups is 1. The number of aryl methyl sites for hydroxylation is 1. The molecule has 0 spiro atoms. The first-order valence-electron chi connectivity index (χ1n) is 8.36. The summed E-state index contributed by atoms with van der Waals surface area (Å²) in [5.74, 6) is -0.615. The van der Waals surface area contributed by atoms with Crippen LogP contribution in [0.15, 0.2) is 54.7 Å². The third-order valence-electron chi connectivity index (χ3n) is 4.06. The fraction of sp³-hybridized carbons (Fsp3) is 0.211. The molecule has 0 fully saturated rings. The summed E-state index contributed by atoms with van der Waals surface area (Å²) in [6.45, 7) is 2.04. The molecule has 1 amide bonds. The van der Waals surface area contributed by atoms with E-state index in [2.05, 4.69) is 15.6 Å². The van der Waals surface area contributed by atoms with Crippen LogP contribution in [0.4, 0.5) is 18.9 Å². The number of amides is 1. The molecule has 3 aromatic rings. The van der Waals surface area contributed by atoms with Crippen molar-refractivity contribution in [1.29, 1.82) is 0 Å². The van der Waals surface area contributed by atoms with Gasteiger partial charge in [-0.05, 0) is 36.8 Å². The lowest BCUT2D eigenvalue weighted by molar-refractivity contribution is -0.137. The smallest absolute Gasteiger partial charge is 0.386 e. The van der Waals surface area contributed by atoms with Crippen LogP contribution in [0.3, 0.4) is 0 Å². The first-order valence-corrected chi connectivity index (χ1v) is 8.36. The molecule has 0 bridgehead atoms. The number of aromatic nitrogens is 3. The van der Waals surface area contributed by atoms with Crippen molar-refractivity contribution >= 4 is 11.6 Å². The molecule has 0 aliphatic carbocycles. The zero-order valence-electron chi connectivity index (χ0n) is 14.8. The highest BCUT2D eigenvalue weighted by molar-refractivity contribution is 6.02. The zero-order valence-corrected chi connectivity index (χ0v) is 14.8. The van der Waals surface area contributed by atoms with Gasteiger partial charge in [-0.25, -0.2) is 4.68 Å². The number of rotatable bonds is 5.